The van der Waals surface area contributed by atoms with Gasteiger partial charge in [-0.2, -0.15) is 0 Å². The van der Waals surface area contributed by atoms with E-state index in [0.717, 1.165) is 0 Å². The first-order valence-electron chi connectivity index (χ1n) is 8.86. The number of benzene rings is 2. The van der Waals surface area contributed by atoms with Gasteiger partial charge in [0.1, 0.15) is 33.4 Å². The number of fused-ring (bicyclic) bond motifs is 1. The lowest BCUT2D eigenvalue weighted by Gasteiger charge is -2.08. The van der Waals surface area contributed by atoms with Gasteiger partial charge in [0.05, 0.1) is 12.1 Å². The molecule has 0 fully saturated rings. The van der Waals surface area contributed by atoms with Crippen LogP contribution in [-0.2, 0) is 0 Å². The van der Waals surface area contributed by atoms with Crippen molar-refractivity contribution in [2.24, 2.45) is 0 Å². The van der Waals surface area contributed by atoms with Crippen LogP contribution in [0.25, 0.3) is 11.0 Å². The Kier molecular flexibility index (Phi) is 5.79. The van der Waals surface area contributed by atoms with Crippen LogP contribution >= 0.6 is 23.2 Å². The van der Waals surface area contributed by atoms with Gasteiger partial charge in [0, 0.05) is 11.6 Å². The van der Waals surface area contributed by atoms with E-state index in [-0.39, 0.29) is 22.2 Å². The Labute approximate surface area is 185 Å². The Morgan fingerprint density at radius 3 is 2.39 bits per heavy atom. The van der Waals surface area contributed by atoms with Gasteiger partial charge in [0.25, 0.3) is 0 Å². The zero-order valence-electron chi connectivity index (χ0n) is 15.9. The first-order chi connectivity index (χ1) is 14.9. The highest BCUT2D eigenvalue weighted by Crippen LogP contribution is 2.30. The molecule has 2 aromatic heterocycles. The lowest BCUT2D eigenvalue weighted by molar-refractivity contribution is 0.0730. The molecule has 0 aliphatic heterocycles. The number of carbonyl (C=O) groups is 1. The average molecular weight is 458 g/mol. The van der Waals surface area contributed by atoms with E-state index < -0.39 is 11.6 Å². The second-order valence-corrected chi connectivity index (χ2v) is 7.10. The summed E-state index contributed by atoms with van der Waals surface area (Å²) in [5.41, 5.74) is -0.706. The summed E-state index contributed by atoms with van der Waals surface area (Å²) in [6.45, 7) is 0. The minimum atomic E-state index is -0.852. The molecule has 0 aliphatic rings. The van der Waals surface area contributed by atoms with Crippen molar-refractivity contribution < 1.29 is 23.4 Å². The maximum atomic E-state index is 12.5. The average Bonchev–Trinajstić information content (AvgIpc) is 2.76. The summed E-state index contributed by atoms with van der Waals surface area (Å²) in [7, 11) is 1.51. The Balaban J connectivity index is 1.52. The normalized spacial score (nSPS) is 10.7. The third-order valence-corrected chi connectivity index (χ3v) is 4.66. The van der Waals surface area contributed by atoms with E-state index in [4.69, 9.17) is 41.8 Å². The molecule has 0 spiro atoms. The summed E-state index contributed by atoms with van der Waals surface area (Å²) >= 11 is 11.8. The van der Waals surface area contributed by atoms with Gasteiger partial charge in [-0.05, 0) is 54.6 Å². The molecule has 0 radical (unpaired) electrons. The molecule has 0 amide bonds. The second-order valence-electron chi connectivity index (χ2n) is 6.25. The number of aromatic nitrogens is 1. The maximum Gasteiger partial charge on any atom is 0.351 e. The van der Waals surface area contributed by atoms with Crippen LogP contribution < -0.4 is 19.8 Å². The number of carbonyl (C=O) groups excluding carboxylic acids is 1. The quantitative estimate of drug-likeness (QED) is 0.221. The van der Waals surface area contributed by atoms with Crippen molar-refractivity contribution in [3.63, 3.8) is 0 Å². The Hall–Kier alpha value is -3.55. The summed E-state index contributed by atoms with van der Waals surface area (Å²) in [5.74, 6) is 0.507. The van der Waals surface area contributed by atoms with Crippen LogP contribution in [-0.4, -0.2) is 18.1 Å². The van der Waals surface area contributed by atoms with Gasteiger partial charge < -0.3 is 18.6 Å². The lowest BCUT2D eigenvalue weighted by atomic mass is 10.2. The summed E-state index contributed by atoms with van der Waals surface area (Å²) < 4.78 is 21.2. The SMILES string of the molecule is COc1ccc2oc(=O)c(C(=O)Oc3ccc(Oc4ncc(Cl)cc4Cl)cc3)cc2c1. The van der Waals surface area contributed by atoms with Crippen molar-refractivity contribution >= 4 is 40.1 Å². The predicted molar refractivity (Wildman–Crippen MR) is 115 cm³/mol. The highest BCUT2D eigenvalue weighted by Gasteiger charge is 2.17. The van der Waals surface area contributed by atoms with Crippen LogP contribution in [0.3, 0.4) is 0 Å². The maximum absolute atomic E-state index is 12.5. The number of hydrogen-bond donors (Lipinski definition) is 0. The van der Waals surface area contributed by atoms with Crippen molar-refractivity contribution in [1.82, 2.24) is 4.98 Å². The summed E-state index contributed by atoms with van der Waals surface area (Å²) in [5, 5.41) is 1.17. The molecular formula is C22H13Cl2NO6. The Bertz CT molecular complexity index is 1330. The molecular weight excluding hydrogens is 445 g/mol. The summed E-state index contributed by atoms with van der Waals surface area (Å²) in [6, 6.07) is 13.9. The van der Waals surface area contributed by atoms with Crippen LogP contribution in [0.15, 0.2) is 70.0 Å². The van der Waals surface area contributed by atoms with Gasteiger partial charge in [-0.15, -0.1) is 0 Å². The van der Waals surface area contributed by atoms with Crippen molar-refractivity contribution in [1.29, 1.82) is 0 Å². The molecule has 0 unspecified atom stereocenters. The number of methoxy groups -OCH3 is 1. The van der Waals surface area contributed by atoms with E-state index in [1.165, 1.54) is 37.6 Å². The third-order valence-electron chi connectivity index (χ3n) is 4.18. The van der Waals surface area contributed by atoms with Gasteiger partial charge in [-0.3, -0.25) is 0 Å². The van der Waals surface area contributed by atoms with Gasteiger partial charge >= 0.3 is 11.6 Å². The Morgan fingerprint density at radius 2 is 1.68 bits per heavy atom. The molecule has 0 atom stereocenters. The molecule has 9 heteroatoms. The highest BCUT2D eigenvalue weighted by atomic mass is 35.5. The van der Waals surface area contributed by atoms with E-state index in [0.29, 0.717) is 27.5 Å². The number of pyridine rings is 1. The first-order valence-corrected chi connectivity index (χ1v) is 9.61. The smallest absolute Gasteiger partial charge is 0.351 e. The monoisotopic (exact) mass is 457 g/mol. The van der Waals surface area contributed by atoms with Crippen molar-refractivity contribution in [2.45, 2.75) is 0 Å². The predicted octanol–water partition coefficient (Wildman–Crippen LogP) is 5.51. The molecule has 7 nitrogen and oxygen atoms in total. The molecule has 156 valence electrons. The molecule has 4 rings (SSSR count). The fourth-order valence-electron chi connectivity index (χ4n) is 2.70. The number of halogens is 2. The topological polar surface area (TPSA) is 87.9 Å². The molecule has 4 aromatic rings. The molecule has 31 heavy (non-hydrogen) atoms. The molecule has 2 aromatic carbocycles. The van der Waals surface area contributed by atoms with E-state index >= 15 is 0 Å². The number of rotatable bonds is 5. The Morgan fingerprint density at radius 1 is 0.968 bits per heavy atom. The number of nitrogens with zero attached hydrogens (tertiary/aromatic N) is 1. The standard InChI is InChI=1S/C22H13Cl2NO6/c1-28-16-6-7-19-12(8-16)9-17(22(27)31-19)21(26)30-15-4-2-14(3-5-15)29-20-18(24)10-13(23)11-25-20/h2-11H,1H3. The minimum absolute atomic E-state index is 0.181. The molecule has 0 bridgehead atoms. The second kappa shape index (κ2) is 8.67. The largest absolute Gasteiger partial charge is 0.497 e. The minimum Gasteiger partial charge on any atom is -0.497 e. The van der Waals surface area contributed by atoms with E-state index in [2.05, 4.69) is 4.98 Å². The van der Waals surface area contributed by atoms with Crippen LogP contribution in [0.5, 0.6) is 23.1 Å². The van der Waals surface area contributed by atoms with Gasteiger partial charge in [0.15, 0.2) is 0 Å². The highest BCUT2D eigenvalue weighted by molar-refractivity contribution is 6.35. The van der Waals surface area contributed by atoms with Crippen molar-refractivity contribution in [2.75, 3.05) is 7.11 Å². The van der Waals surface area contributed by atoms with Crippen LogP contribution in [0, 0.1) is 0 Å². The molecule has 0 saturated heterocycles. The zero-order valence-corrected chi connectivity index (χ0v) is 17.4. The number of hydrogen-bond acceptors (Lipinski definition) is 7. The van der Waals surface area contributed by atoms with Gasteiger partial charge in [0.2, 0.25) is 5.88 Å². The van der Waals surface area contributed by atoms with Crippen molar-refractivity contribution in [3.8, 4) is 23.1 Å². The van der Waals surface area contributed by atoms with E-state index in [9.17, 15) is 9.59 Å². The molecule has 2 heterocycles. The van der Waals surface area contributed by atoms with Gasteiger partial charge in [-0.25, -0.2) is 14.6 Å². The van der Waals surface area contributed by atoms with Gasteiger partial charge in [-0.1, -0.05) is 23.2 Å². The zero-order chi connectivity index (χ0) is 22.0. The fraction of sp³-hybridized carbons (Fsp3) is 0.0455. The van der Waals surface area contributed by atoms with Crippen molar-refractivity contribution in [3.05, 3.63) is 86.8 Å². The molecule has 0 N–H and O–H groups in total. The summed E-state index contributed by atoms with van der Waals surface area (Å²) in [6.07, 6.45) is 1.41. The van der Waals surface area contributed by atoms with E-state index in [1.807, 2.05) is 0 Å². The summed E-state index contributed by atoms with van der Waals surface area (Å²) in [4.78, 5) is 28.7. The van der Waals surface area contributed by atoms with E-state index in [1.54, 1.807) is 30.3 Å². The number of ether oxygens (including phenoxy) is 3. The third kappa shape index (κ3) is 4.63. The van der Waals surface area contributed by atoms with Crippen LogP contribution in [0.1, 0.15) is 10.4 Å². The van der Waals surface area contributed by atoms with Crippen LogP contribution in [0.4, 0.5) is 0 Å². The molecule has 0 saturated carbocycles. The number of esters is 1. The molecule has 0 aliphatic carbocycles. The lowest BCUT2D eigenvalue weighted by Crippen LogP contribution is -2.18. The first kappa shape index (κ1) is 20.7. The fourth-order valence-corrected chi connectivity index (χ4v) is 3.12. The van der Waals surface area contributed by atoms with Crippen LogP contribution in [0.2, 0.25) is 10.0 Å².